The van der Waals surface area contributed by atoms with Crippen molar-refractivity contribution in [3.05, 3.63) is 88.2 Å². The molecule has 0 aliphatic heterocycles. The van der Waals surface area contributed by atoms with Gasteiger partial charge in [0.05, 0.1) is 5.69 Å². The number of amides is 2. The Morgan fingerprint density at radius 2 is 1.63 bits per heavy atom. The van der Waals surface area contributed by atoms with Crippen LogP contribution < -0.4 is 15.4 Å². The Morgan fingerprint density at radius 3 is 2.30 bits per heavy atom. The fourth-order valence-corrected chi connectivity index (χ4v) is 2.89. The van der Waals surface area contributed by atoms with Crippen LogP contribution in [0.5, 0.6) is 5.75 Å². The fraction of sp³-hybridized carbons (Fsp3) is 0.0909. The van der Waals surface area contributed by atoms with Gasteiger partial charge in [-0.25, -0.2) is 4.39 Å². The average Bonchev–Trinajstić information content (AvgIpc) is 2.70. The van der Waals surface area contributed by atoms with Crippen LogP contribution in [0.4, 0.5) is 15.8 Å². The van der Waals surface area contributed by atoms with Crippen molar-refractivity contribution in [3.8, 4) is 5.75 Å². The number of ether oxygens (including phenoxy) is 1. The van der Waals surface area contributed by atoms with Crippen molar-refractivity contribution in [2.45, 2.75) is 13.0 Å². The lowest BCUT2D eigenvalue weighted by atomic mass is 10.2. The minimum absolute atomic E-state index is 0.00730. The lowest BCUT2D eigenvalue weighted by Gasteiger charge is -2.15. The predicted octanol–water partition coefficient (Wildman–Crippen LogP) is 5.79. The highest BCUT2D eigenvalue weighted by molar-refractivity contribution is 6.31. The van der Waals surface area contributed by atoms with Gasteiger partial charge in [0.1, 0.15) is 11.6 Å². The van der Waals surface area contributed by atoms with Crippen molar-refractivity contribution in [2.75, 3.05) is 10.6 Å². The maximum Gasteiger partial charge on any atom is 0.265 e. The average molecular weight is 447 g/mol. The van der Waals surface area contributed by atoms with E-state index in [4.69, 9.17) is 27.9 Å². The summed E-state index contributed by atoms with van der Waals surface area (Å²) in [5.41, 5.74) is 0.989. The predicted molar refractivity (Wildman–Crippen MR) is 116 cm³/mol. The van der Waals surface area contributed by atoms with E-state index >= 15 is 0 Å². The van der Waals surface area contributed by atoms with Gasteiger partial charge in [-0.1, -0.05) is 29.3 Å². The summed E-state index contributed by atoms with van der Waals surface area (Å²) >= 11 is 11.6. The van der Waals surface area contributed by atoms with Gasteiger partial charge in [0, 0.05) is 21.3 Å². The Kier molecular flexibility index (Phi) is 6.92. The Morgan fingerprint density at radius 1 is 0.933 bits per heavy atom. The van der Waals surface area contributed by atoms with Crippen molar-refractivity contribution in [1.29, 1.82) is 0 Å². The zero-order valence-electron chi connectivity index (χ0n) is 15.8. The molecule has 0 radical (unpaired) electrons. The van der Waals surface area contributed by atoms with E-state index in [0.29, 0.717) is 22.0 Å². The zero-order valence-corrected chi connectivity index (χ0v) is 17.3. The molecule has 0 aliphatic rings. The third-order valence-corrected chi connectivity index (χ3v) is 4.54. The molecule has 30 heavy (non-hydrogen) atoms. The molecule has 0 aromatic heterocycles. The summed E-state index contributed by atoms with van der Waals surface area (Å²) in [4.78, 5) is 24.6. The SMILES string of the molecule is CC(Oc1ccc(C(=O)Nc2cccc(Cl)c2)cc1)C(=O)Nc1ccc(Cl)cc1F. The van der Waals surface area contributed by atoms with Crippen LogP contribution in [-0.4, -0.2) is 17.9 Å². The maximum atomic E-state index is 13.8. The van der Waals surface area contributed by atoms with E-state index in [2.05, 4.69) is 10.6 Å². The molecule has 3 aromatic rings. The van der Waals surface area contributed by atoms with Crippen LogP contribution in [0, 0.1) is 5.82 Å². The van der Waals surface area contributed by atoms with Gasteiger partial charge in [-0.05, 0) is 67.6 Å². The lowest BCUT2D eigenvalue weighted by Crippen LogP contribution is -2.30. The minimum Gasteiger partial charge on any atom is -0.481 e. The molecule has 154 valence electrons. The van der Waals surface area contributed by atoms with E-state index in [9.17, 15) is 14.0 Å². The second-order valence-corrected chi connectivity index (χ2v) is 7.24. The van der Waals surface area contributed by atoms with Crippen LogP contribution in [0.2, 0.25) is 10.0 Å². The first kappa shape index (κ1) is 21.6. The monoisotopic (exact) mass is 446 g/mol. The largest absolute Gasteiger partial charge is 0.481 e. The van der Waals surface area contributed by atoms with Crippen LogP contribution in [-0.2, 0) is 4.79 Å². The van der Waals surface area contributed by atoms with Gasteiger partial charge in [0.2, 0.25) is 0 Å². The molecule has 0 saturated heterocycles. The van der Waals surface area contributed by atoms with Crippen LogP contribution in [0.3, 0.4) is 0 Å². The Balaban J connectivity index is 1.59. The molecule has 3 aromatic carbocycles. The second-order valence-electron chi connectivity index (χ2n) is 6.36. The van der Waals surface area contributed by atoms with Crippen LogP contribution in [0.25, 0.3) is 0 Å². The number of hydrogen-bond donors (Lipinski definition) is 2. The first-order chi connectivity index (χ1) is 14.3. The highest BCUT2D eigenvalue weighted by atomic mass is 35.5. The number of nitrogens with one attached hydrogen (secondary N) is 2. The summed E-state index contributed by atoms with van der Waals surface area (Å²) in [6, 6.07) is 17.0. The van der Waals surface area contributed by atoms with E-state index < -0.39 is 17.8 Å². The maximum absolute atomic E-state index is 13.8. The number of rotatable bonds is 6. The molecule has 3 rings (SSSR count). The molecular weight excluding hydrogens is 430 g/mol. The third kappa shape index (κ3) is 5.72. The quantitative estimate of drug-likeness (QED) is 0.503. The third-order valence-electron chi connectivity index (χ3n) is 4.07. The van der Waals surface area contributed by atoms with Crippen molar-refractivity contribution in [1.82, 2.24) is 0 Å². The molecule has 0 bridgehead atoms. The zero-order chi connectivity index (χ0) is 21.7. The highest BCUT2D eigenvalue weighted by Crippen LogP contribution is 2.21. The van der Waals surface area contributed by atoms with Crippen molar-refractivity contribution < 1.29 is 18.7 Å². The van der Waals surface area contributed by atoms with Gasteiger partial charge in [-0.3, -0.25) is 9.59 Å². The van der Waals surface area contributed by atoms with Crippen molar-refractivity contribution >= 4 is 46.4 Å². The summed E-state index contributed by atoms with van der Waals surface area (Å²) in [6.45, 7) is 1.53. The van der Waals surface area contributed by atoms with Crippen molar-refractivity contribution in [2.24, 2.45) is 0 Å². The highest BCUT2D eigenvalue weighted by Gasteiger charge is 2.17. The topological polar surface area (TPSA) is 67.4 Å². The molecule has 0 spiro atoms. The number of benzene rings is 3. The molecule has 2 N–H and O–H groups in total. The molecule has 0 heterocycles. The molecule has 0 saturated carbocycles. The second kappa shape index (κ2) is 9.61. The smallest absolute Gasteiger partial charge is 0.265 e. The molecule has 8 heteroatoms. The first-order valence-corrected chi connectivity index (χ1v) is 9.67. The summed E-state index contributed by atoms with van der Waals surface area (Å²) in [7, 11) is 0. The van der Waals surface area contributed by atoms with Crippen LogP contribution >= 0.6 is 23.2 Å². The number of carbonyl (C=O) groups is 2. The fourth-order valence-electron chi connectivity index (χ4n) is 2.54. The Labute approximate surface area is 182 Å². The standard InChI is InChI=1S/C22H17Cl2FN2O3/c1-13(21(28)27-20-10-7-16(24)12-19(20)25)30-18-8-5-14(6-9-18)22(29)26-17-4-2-3-15(23)11-17/h2-13H,1H3,(H,26,29)(H,27,28). The number of anilines is 2. The van der Waals surface area contributed by atoms with E-state index in [0.717, 1.165) is 6.07 Å². The van der Waals surface area contributed by atoms with Gasteiger partial charge in [0.25, 0.3) is 11.8 Å². The molecule has 1 unspecified atom stereocenters. The van der Waals surface area contributed by atoms with Gasteiger partial charge in [0.15, 0.2) is 6.10 Å². The minimum atomic E-state index is -0.897. The number of carbonyl (C=O) groups excluding carboxylic acids is 2. The molecule has 5 nitrogen and oxygen atoms in total. The normalized spacial score (nSPS) is 11.5. The molecular formula is C22H17Cl2FN2O3. The summed E-state index contributed by atoms with van der Waals surface area (Å²) in [5.74, 6) is -1.10. The first-order valence-electron chi connectivity index (χ1n) is 8.91. The van der Waals surface area contributed by atoms with Gasteiger partial charge >= 0.3 is 0 Å². The Hall–Kier alpha value is -3.09. The molecule has 0 aliphatic carbocycles. The van der Waals surface area contributed by atoms with Crippen LogP contribution in [0.15, 0.2) is 66.7 Å². The van der Waals surface area contributed by atoms with E-state index in [1.807, 2.05) is 0 Å². The lowest BCUT2D eigenvalue weighted by molar-refractivity contribution is -0.122. The van der Waals surface area contributed by atoms with E-state index in [-0.39, 0.29) is 16.6 Å². The summed E-state index contributed by atoms with van der Waals surface area (Å²) in [5, 5.41) is 5.93. The number of halogens is 3. The van der Waals surface area contributed by atoms with E-state index in [1.165, 1.54) is 19.1 Å². The van der Waals surface area contributed by atoms with Gasteiger partial charge in [-0.2, -0.15) is 0 Å². The van der Waals surface area contributed by atoms with Gasteiger partial charge < -0.3 is 15.4 Å². The molecule has 1 atom stereocenters. The summed E-state index contributed by atoms with van der Waals surface area (Å²) < 4.78 is 19.4. The van der Waals surface area contributed by atoms with E-state index in [1.54, 1.807) is 48.5 Å². The number of hydrogen-bond acceptors (Lipinski definition) is 3. The molecule has 2 amide bonds. The molecule has 0 fully saturated rings. The van der Waals surface area contributed by atoms with Crippen LogP contribution in [0.1, 0.15) is 17.3 Å². The van der Waals surface area contributed by atoms with Gasteiger partial charge in [-0.15, -0.1) is 0 Å². The Bertz CT molecular complexity index is 1070. The summed E-state index contributed by atoms with van der Waals surface area (Å²) in [6.07, 6.45) is -0.897. The van der Waals surface area contributed by atoms with Crippen molar-refractivity contribution in [3.63, 3.8) is 0 Å².